The van der Waals surface area contributed by atoms with Crippen molar-refractivity contribution >= 4 is 27.8 Å². The lowest BCUT2D eigenvalue weighted by molar-refractivity contribution is 0.00946. The van der Waals surface area contributed by atoms with E-state index < -0.39 is 5.60 Å². The summed E-state index contributed by atoms with van der Waals surface area (Å²) in [5, 5.41) is 0. The normalized spacial score (nSPS) is 18.6. The summed E-state index contributed by atoms with van der Waals surface area (Å²) in [7, 11) is 0. The number of ether oxygens (including phenoxy) is 1. The number of likely N-dealkylation sites (tertiary alicyclic amines) is 1. The molecule has 1 fully saturated rings. The lowest BCUT2D eigenvalue weighted by Crippen LogP contribution is -2.46. The zero-order valence-electron chi connectivity index (χ0n) is 14.0. The molecule has 4 nitrogen and oxygen atoms in total. The number of carbonyl (C=O) groups is 2. The third-order valence-electron chi connectivity index (χ3n) is 3.84. The van der Waals surface area contributed by atoms with E-state index >= 15 is 0 Å². The zero-order valence-corrected chi connectivity index (χ0v) is 15.6. The molecule has 1 aliphatic heterocycles. The molecule has 0 aromatic heterocycles. The van der Waals surface area contributed by atoms with E-state index in [1.807, 2.05) is 45.0 Å². The quantitative estimate of drug-likeness (QED) is 0.705. The molecule has 1 aromatic rings. The molecule has 0 saturated carbocycles. The lowest BCUT2D eigenvalue weighted by Gasteiger charge is -2.36. The van der Waals surface area contributed by atoms with Crippen LogP contribution in [0.1, 0.15) is 56.8 Å². The van der Waals surface area contributed by atoms with Gasteiger partial charge in [0.15, 0.2) is 5.78 Å². The molecule has 5 heteroatoms. The van der Waals surface area contributed by atoms with Gasteiger partial charge >= 0.3 is 6.09 Å². The fourth-order valence-electron chi connectivity index (χ4n) is 2.74. The Bertz CT molecular complexity index is 563. The molecule has 1 saturated heterocycles. The zero-order chi connectivity index (χ0) is 17.0. The van der Waals surface area contributed by atoms with Crippen molar-refractivity contribution in [3.63, 3.8) is 0 Å². The van der Waals surface area contributed by atoms with Gasteiger partial charge in [0.1, 0.15) is 5.60 Å². The van der Waals surface area contributed by atoms with Crippen LogP contribution in [0.2, 0.25) is 0 Å². The number of Topliss-reactive ketones (excluding diaryl/α,β-unsaturated/α-hetero) is 1. The van der Waals surface area contributed by atoms with Crippen molar-refractivity contribution in [3.8, 4) is 0 Å². The van der Waals surface area contributed by atoms with E-state index in [9.17, 15) is 9.59 Å². The summed E-state index contributed by atoms with van der Waals surface area (Å²) in [6, 6.07) is 7.27. The van der Waals surface area contributed by atoms with Crippen molar-refractivity contribution in [1.29, 1.82) is 0 Å². The van der Waals surface area contributed by atoms with E-state index in [-0.39, 0.29) is 17.9 Å². The van der Waals surface area contributed by atoms with Crippen molar-refractivity contribution in [2.24, 2.45) is 0 Å². The Morgan fingerprint density at radius 2 is 1.87 bits per heavy atom. The van der Waals surface area contributed by atoms with Crippen LogP contribution in [0, 0.1) is 0 Å². The summed E-state index contributed by atoms with van der Waals surface area (Å²) >= 11 is 3.37. The second-order valence-corrected chi connectivity index (χ2v) is 7.87. The lowest BCUT2D eigenvalue weighted by atomic mass is 9.95. The van der Waals surface area contributed by atoms with Crippen LogP contribution in [0.25, 0.3) is 0 Å². The molecular formula is C18H24BrNO3. The largest absolute Gasteiger partial charge is 0.444 e. The summed E-state index contributed by atoms with van der Waals surface area (Å²) < 4.78 is 6.43. The highest BCUT2D eigenvalue weighted by atomic mass is 79.9. The first kappa shape index (κ1) is 18.0. The molecular weight excluding hydrogens is 358 g/mol. The fraction of sp³-hybridized carbons (Fsp3) is 0.556. The fourth-order valence-corrected chi connectivity index (χ4v) is 3.01. The topological polar surface area (TPSA) is 46.6 Å². The standard InChI is InChI=1S/C18H24BrNO3/c1-18(2,3)23-17(22)20-11-5-4-6-15(20)12-16(21)13-7-9-14(19)10-8-13/h7-10,15H,4-6,11-12H2,1-3H3. The maximum absolute atomic E-state index is 12.5. The molecule has 0 N–H and O–H groups in total. The first-order valence-electron chi connectivity index (χ1n) is 8.04. The van der Waals surface area contributed by atoms with Gasteiger partial charge in [-0.05, 0) is 52.2 Å². The highest BCUT2D eigenvalue weighted by molar-refractivity contribution is 9.10. The van der Waals surface area contributed by atoms with E-state index in [0.717, 1.165) is 23.7 Å². The maximum Gasteiger partial charge on any atom is 0.410 e. The van der Waals surface area contributed by atoms with Crippen LogP contribution in [0.15, 0.2) is 28.7 Å². The number of carbonyl (C=O) groups excluding carboxylic acids is 2. The second-order valence-electron chi connectivity index (χ2n) is 6.96. The van der Waals surface area contributed by atoms with Crippen molar-refractivity contribution in [3.05, 3.63) is 34.3 Å². The number of nitrogens with zero attached hydrogens (tertiary/aromatic N) is 1. The molecule has 23 heavy (non-hydrogen) atoms. The molecule has 0 aliphatic carbocycles. The van der Waals surface area contributed by atoms with E-state index in [2.05, 4.69) is 15.9 Å². The SMILES string of the molecule is CC(C)(C)OC(=O)N1CCCCC1CC(=O)c1ccc(Br)cc1. The Labute approximate surface area is 146 Å². The van der Waals surface area contributed by atoms with Gasteiger partial charge in [-0.3, -0.25) is 4.79 Å². The van der Waals surface area contributed by atoms with Gasteiger partial charge in [-0.25, -0.2) is 4.79 Å². The van der Waals surface area contributed by atoms with Crippen LogP contribution in [0.3, 0.4) is 0 Å². The highest BCUT2D eigenvalue weighted by Crippen LogP contribution is 2.24. The summed E-state index contributed by atoms with van der Waals surface area (Å²) in [6.07, 6.45) is 2.88. The summed E-state index contributed by atoms with van der Waals surface area (Å²) in [5.41, 5.74) is 0.164. The molecule has 2 rings (SSSR count). The van der Waals surface area contributed by atoms with Crippen LogP contribution < -0.4 is 0 Å². The minimum Gasteiger partial charge on any atom is -0.444 e. The van der Waals surface area contributed by atoms with E-state index in [1.165, 1.54) is 0 Å². The van der Waals surface area contributed by atoms with Crippen molar-refractivity contribution in [1.82, 2.24) is 4.90 Å². The molecule has 1 heterocycles. The third-order valence-corrected chi connectivity index (χ3v) is 4.37. The Morgan fingerprint density at radius 1 is 1.22 bits per heavy atom. The van der Waals surface area contributed by atoms with Crippen LogP contribution >= 0.6 is 15.9 Å². The number of amides is 1. The van der Waals surface area contributed by atoms with Gasteiger partial charge in [-0.1, -0.05) is 28.1 Å². The van der Waals surface area contributed by atoms with Crippen LogP contribution in [0.4, 0.5) is 4.79 Å². The number of ketones is 1. The van der Waals surface area contributed by atoms with E-state index in [0.29, 0.717) is 18.5 Å². The third kappa shape index (κ3) is 5.34. The molecule has 1 amide bonds. The first-order chi connectivity index (χ1) is 10.8. The molecule has 0 spiro atoms. The van der Waals surface area contributed by atoms with Crippen LogP contribution in [0.5, 0.6) is 0 Å². The average Bonchev–Trinajstić information content (AvgIpc) is 2.46. The number of piperidine rings is 1. The average molecular weight is 382 g/mol. The second kappa shape index (κ2) is 7.47. The summed E-state index contributed by atoms with van der Waals surface area (Å²) in [6.45, 7) is 6.23. The van der Waals surface area contributed by atoms with Gasteiger partial charge in [-0.15, -0.1) is 0 Å². The molecule has 0 bridgehead atoms. The Morgan fingerprint density at radius 3 is 2.48 bits per heavy atom. The van der Waals surface area contributed by atoms with Gasteiger partial charge in [0.25, 0.3) is 0 Å². The number of rotatable bonds is 3. The summed E-state index contributed by atoms with van der Waals surface area (Å²) in [5.74, 6) is 0.0676. The predicted octanol–water partition coefficient (Wildman–Crippen LogP) is 4.81. The minimum atomic E-state index is -0.519. The molecule has 1 aliphatic rings. The maximum atomic E-state index is 12.5. The van der Waals surface area contributed by atoms with Crippen LogP contribution in [-0.2, 0) is 4.74 Å². The van der Waals surface area contributed by atoms with Gasteiger partial charge < -0.3 is 9.64 Å². The Balaban J connectivity index is 2.04. The first-order valence-corrected chi connectivity index (χ1v) is 8.84. The smallest absolute Gasteiger partial charge is 0.410 e. The Hall–Kier alpha value is -1.36. The van der Waals surface area contributed by atoms with E-state index in [4.69, 9.17) is 4.74 Å². The molecule has 1 aromatic carbocycles. The van der Waals surface area contributed by atoms with Crippen molar-refractivity contribution in [2.75, 3.05) is 6.54 Å². The number of hydrogen-bond donors (Lipinski definition) is 0. The minimum absolute atomic E-state index is 0.0676. The number of hydrogen-bond acceptors (Lipinski definition) is 3. The number of halogens is 1. The van der Waals surface area contributed by atoms with Gasteiger partial charge in [0.05, 0.1) is 0 Å². The van der Waals surface area contributed by atoms with Gasteiger partial charge in [0.2, 0.25) is 0 Å². The van der Waals surface area contributed by atoms with Crippen LogP contribution in [-0.4, -0.2) is 35.0 Å². The van der Waals surface area contributed by atoms with Crippen molar-refractivity contribution < 1.29 is 14.3 Å². The summed E-state index contributed by atoms with van der Waals surface area (Å²) in [4.78, 5) is 26.6. The molecule has 0 radical (unpaired) electrons. The van der Waals surface area contributed by atoms with Crippen molar-refractivity contribution in [2.45, 2.75) is 58.1 Å². The molecule has 1 atom stereocenters. The Kier molecular flexibility index (Phi) is 5.84. The molecule has 126 valence electrons. The highest BCUT2D eigenvalue weighted by Gasteiger charge is 2.31. The van der Waals surface area contributed by atoms with E-state index in [1.54, 1.807) is 4.90 Å². The monoisotopic (exact) mass is 381 g/mol. The predicted molar refractivity (Wildman–Crippen MR) is 93.7 cm³/mol. The molecule has 1 unspecified atom stereocenters. The van der Waals surface area contributed by atoms with Gasteiger partial charge in [-0.2, -0.15) is 0 Å². The number of benzene rings is 1. The van der Waals surface area contributed by atoms with Gasteiger partial charge in [0, 0.05) is 29.0 Å².